The molecule has 0 heterocycles. The SMILES string of the molecule is CC1=Cc2cccc(-c3cccc(CN)c3)c2C1.[SiH4]. The van der Waals surface area contributed by atoms with Crippen molar-refractivity contribution in [2.24, 2.45) is 5.73 Å². The highest BCUT2D eigenvalue weighted by atomic mass is 28.1. The lowest BCUT2D eigenvalue weighted by atomic mass is 9.95. The van der Waals surface area contributed by atoms with Crippen LogP contribution in [0.5, 0.6) is 0 Å². The van der Waals surface area contributed by atoms with Crippen LogP contribution in [-0.4, -0.2) is 11.0 Å². The van der Waals surface area contributed by atoms with E-state index in [1.165, 1.54) is 33.4 Å². The molecule has 0 unspecified atom stereocenters. The molecule has 0 radical (unpaired) electrons. The van der Waals surface area contributed by atoms with Crippen LogP contribution in [0.3, 0.4) is 0 Å². The van der Waals surface area contributed by atoms with E-state index in [4.69, 9.17) is 5.73 Å². The number of hydrogen-bond acceptors (Lipinski definition) is 1. The highest BCUT2D eigenvalue weighted by molar-refractivity contribution is 5.77. The van der Waals surface area contributed by atoms with Gasteiger partial charge in [-0.15, -0.1) is 0 Å². The van der Waals surface area contributed by atoms with Crippen molar-refractivity contribution in [1.29, 1.82) is 0 Å². The third-order valence-corrected chi connectivity index (χ3v) is 3.54. The van der Waals surface area contributed by atoms with Crippen LogP contribution in [0.25, 0.3) is 17.2 Å². The average Bonchev–Trinajstić information content (AvgIpc) is 2.78. The summed E-state index contributed by atoms with van der Waals surface area (Å²) < 4.78 is 0. The van der Waals surface area contributed by atoms with Gasteiger partial charge in [-0.2, -0.15) is 0 Å². The Morgan fingerprint density at radius 3 is 2.68 bits per heavy atom. The van der Waals surface area contributed by atoms with Crippen molar-refractivity contribution in [1.82, 2.24) is 0 Å². The first kappa shape index (κ1) is 13.8. The Labute approximate surface area is 119 Å². The summed E-state index contributed by atoms with van der Waals surface area (Å²) in [5.74, 6) is 0. The lowest BCUT2D eigenvalue weighted by Gasteiger charge is -2.10. The molecule has 19 heavy (non-hydrogen) atoms. The predicted molar refractivity (Wildman–Crippen MR) is 88.5 cm³/mol. The number of benzene rings is 2. The van der Waals surface area contributed by atoms with Crippen LogP contribution in [0.1, 0.15) is 23.6 Å². The van der Waals surface area contributed by atoms with Gasteiger partial charge in [0, 0.05) is 6.54 Å². The summed E-state index contributed by atoms with van der Waals surface area (Å²) in [6, 6.07) is 15.1. The highest BCUT2D eigenvalue weighted by Gasteiger charge is 2.14. The van der Waals surface area contributed by atoms with E-state index >= 15 is 0 Å². The zero-order valence-corrected chi connectivity index (χ0v) is 10.6. The van der Waals surface area contributed by atoms with Gasteiger partial charge >= 0.3 is 0 Å². The van der Waals surface area contributed by atoms with Crippen LogP contribution >= 0.6 is 0 Å². The Hall–Kier alpha value is -1.64. The molecule has 2 heteroatoms. The van der Waals surface area contributed by atoms with Gasteiger partial charge in [0.25, 0.3) is 0 Å². The molecule has 0 amide bonds. The van der Waals surface area contributed by atoms with Gasteiger partial charge in [-0.1, -0.05) is 48.0 Å². The number of allylic oxidation sites excluding steroid dienone is 1. The van der Waals surface area contributed by atoms with Crippen LogP contribution in [0.2, 0.25) is 0 Å². The van der Waals surface area contributed by atoms with Crippen molar-refractivity contribution >= 4 is 17.0 Å². The zero-order chi connectivity index (χ0) is 12.5. The second-order valence-corrected chi connectivity index (χ2v) is 4.95. The minimum atomic E-state index is 0. The molecule has 0 atom stereocenters. The third kappa shape index (κ3) is 2.55. The molecular weight excluding hydrogens is 246 g/mol. The van der Waals surface area contributed by atoms with Gasteiger partial charge in [0.15, 0.2) is 0 Å². The zero-order valence-electron chi connectivity index (χ0n) is 10.6. The van der Waals surface area contributed by atoms with Crippen molar-refractivity contribution < 1.29 is 0 Å². The third-order valence-electron chi connectivity index (χ3n) is 3.54. The van der Waals surface area contributed by atoms with E-state index in [9.17, 15) is 0 Å². The first-order valence-electron chi connectivity index (χ1n) is 6.36. The van der Waals surface area contributed by atoms with Gasteiger partial charge in [0.1, 0.15) is 0 Å². The van der Waals surface area contributed by atoms with E-state index in [1.54, 1.807) is 0 Å². The molecule has 3 rings (SSSR count). The Bertz CT molecular complexity index is 629. The Kier molecular flexibility index (Phi) is 4.03. The van der Waals surface area contributed by atoms with Gasteiger partial charge in [0.05, 0.1) is 0 Å². The smallest absolute Gasteiger partial charge is 0.0178 e. The van der Waals surface area contributed by atoms with Crippen molar-refractivity contribution in [3.63, 3.8) is 0 Å². The van der Waals surface area contributed by atoms with E-state index in [2.05, 4.69) is 55.5 Å². The standard InChI is InChI=1S/C17H17N.H4Si/c1-12-8-14-6-3-7-16(17(14)9-12)15-5-2-4-13(10-15)11-18;/h2-8,10H,9,11,18H2,1H3;1H4. The molecule has 98 valence electrons. The van der Waals surface area contributed by atoms with Crippen LogP contribution in [0.4, 0.5) is 0 Å². The second-order valence-electron chi connectivity index (χ2n) is 4.95. The monoisotopic (exact) mass is 267 g/mol. The summed E-state index contributed by atoms with van der Waals surface area (Å²) >= 11 is 0. The van der Waals surface area contributed by atoms with Gasteiger partial charge in [-0.25, -0.2) is 0 Å². The molecule has 0 saturated carbocycles. The summed E-state index contributed by atoms with van der Waals surface area (Å²) in [6.45, 7) is 2.79. The molecule has 0 fully saturated rings. The van der Waals surface area contributed by atoms with Gasteiger partial charge < -0.3 is 5.73 Å². The summed E-state index contributed by atoms with van der Waals surface area (Å²) in [7, 11) is 0. The fourth-order valence-corrected chi connectivity index (χ4v) is 2.67. The molecule has 0 aliphatic heterocycles. The van der Waals surface area contributed by atoms with Crippen molar-refractivity contribution in [3.05, 3.63) is 64.7 Å². The van der Waals surface area contributed by atoms with E-state index < -0.39 is 0 Å². The van der Waals surface area contributed by atoms with Gasteiger partial charge in [0.2, 0.25) is 0 Å². The minimum absolute atomic E-state index is 0. The van der Waals surface area contributed by atoms with Gasteiger partial charge in [-0.05, 0) is 58.2 Å². The first-order valence-corrected chi connectivity index (χ1v) is 6.36. The molecule has 1 aliphatic rings. The second kappa shape index (κ2) is 5.55. The minimum Gasteiger partial charge on any atom is -0.326 e. The Morgan fingerprint density at radius 1 is 1.11 bits per heavy atom. The molecule has 2 aromatic rings. The quantitative estimate of drug-likeness (QED) is 0.830. The lowest BCUT2D eigenvalue weighted by molar-refractivity contribution is 1.07. The highest BCUT2D eigenvalue weighted by Crippen LogP contribution is 2.33. The molecule has 0 spiro atoms. The maximum Gasteiger partial charge on any atom is 0.0178 e. The first-order chi connectivity index (χ1) is 8.78. The number of rotatable bonds is 2. The summed E-state index contributed by atoms with van der Waals surface area (Å²) in [5.41, 5.74) is 13.8. The van der Waals surface area contributed by atoms with E-state index in [-0.39, 0.29) is 11.0 Å². The fourth-order valence-electron chi connectivity index (χ4n) is 2.67. The topological polar surface area (TPSA) is 26.0 Å². The Balaban J connectivity index is 0.00000133. The molecule has 1 nitrogen and oxygen atoms in total. The fraction of sp³-hybridized carbons (Fsp3) is 0.176. The molecule has 0 bridgehead atoms. The van der Waals surface area contributed by atoms with E-state index in [0.29, 0.717) is 6.54 Å². The molecule has 2 N–H and O–H groups in total. The van der Waals surface area contributed by atoms with Crippen molar-refractivity contribution in [2.45, 2.75) is 19.9 Å². The van der Waals surface area contributed by atoms with E-state index in [1.807, 2.05) is 0 Å². The summed E-state index contributed by atoms with van der Waals surface area (Å²) in [6.07, 6.45) is 3.35. The molecule has 0 aromatic heterocycles. The molecular formula is C17H21NSi. The lowest BCUT2D eigenvalue weighted by Crippen LogP contribution is -1.96. The van der Waals surface area contributed by atoms with Crippen LogP contribution in [0.15, 0.2) is 48.0 Å². The van der Waals surface area contributed by atoms with E-state index in [0.717, 1.165) is 6.42 Å². The number of fused-ring (bicyclic) bond motifs is 1. The molecule has 2 aromatic carbocycles. The van der Waals surface area contributed by atoms with Crippen LogP contribution < -0.4 is 5.73 Å². The van der Waals surface area contributed by atoms with Gasteiger partial charge in [-0.3, -0.25) is 0 Å². The maximum atomic E-state index is 5.72. The normalized spacial score (nSPS) is 12.6. The summed E-state index contributed by atoms with van der Waals surface area (Å²) in [5, 5.41) is 0. The average molecular weight is 267 g/mol. The van der Waals surface area contributed by atoms with Crippen LogP contribution in [0, 0.1) is 0 Å². The number of nitrogens with two attached hydrogens (primary N) is 1. The Morgan fingerprint density at radius 2 is 1.89 bits per heavy atom. The van der Waals surface area contributed by atoms with Crippen molar-refractivity contribution in [2.75, 3.05) is 0 Å². The molecule has 1 aliphatic carbocycles. The molecule has 0 saturated heterocycles. The maximum absolute atomic E-state index is 5.72. The number of hydrogen-bond donors (Lipinski definition) is 1. The largest absolute Gasteiger partial charge is 0.326 e. The van der Waals surface area contributed by atoms with Crippen LogP contribution in [-0.2, 0) is 13.0 Å². The van der Waals surface area contributed by atoms with Crippen molar-refractivity contribution in [3.8, 4) is 11.1 Å². The summed E-state index contributed by atoms with van der Waals surface area (Å²) in [4.78, 5) is 0. The predicted octanol–water partition coefficient (Wildman–Crippen LogP) is 2.32.